The van der Waals surface area contributed by atoms with Gasteiger partial charge in [-0.3, -0.25) is 9.59 Å². The molecule has 0 aliphatic heterocycles. The summed E-state index contributed by atoms with van der Waals surface area (Å²) in [5, 5.41) is 5.60. The SMILES string of the molecule is Cc1cccc(C(=O)NCc2ccc(C(=O)Nc3ccccc3N)cc2)n1. The zero-order chi connectivity index (χ0) is 19.2. The fraction of sp³-hybridized carbons (Fsp3) is 0.0952. The van der Waals surface area contributed by atoms with Crippen LogP contribution >= 0.6 is 0 Å². The van der Waals surface area contributed by atoms with E-state index in [2.05, 4.69) is 15.6 Å². The van der Waals surface area contributed by atoms with Gasteiger partial charge in [0.25, 0.3) is 11.8 Å². The first-order valence-electron chi connectivity index (χ1n) is 8.49. The molecule has 6 nitrogen and oxygen atoms in total. The molecule has 136 valence electrons. The van der Waals surface area contributed by atoms with Crippen molar-refractivity contribution in [1.82, 2.24) is 10.3 Å². The van der Waals surface area contributed by atoms with Crippen LogP contribution in [-0.4, -0.2) is 16.8 Å². The normalized spacial score (nSPS) is 10.3. The topological polar surface area (TPSA) is 97.1 Å². The minimum Gasteiger partial charge on any atom is -0.397 e. The Kier molecular flexibility index (Phi) is 5.47. The molecule has 27 heavy (non-hydrogen) atoms. The van der Waals surface area contributed by atoms with E-state index in [0.717, 1.165) is 11.3 Å². The van der Waals surface area contributed by atoms with Gasteiger partial charge in [0.15, 0.2) is 0 Å². The van der Waals surface area contributed by atoms with Gasteiger partial charge in [0.2, 0.25) is 0 Å². The van der Waals surface area contributed by atoms with Gasteiger partial charge in [-0.05, 0) is 48.9 Å². The number of hydrogen-bond acceptors (Lipinski definition) is 4. The van der Waals surface area contributed by atoms with E-state index in [4.69, 9.17) is 5.73 Å². The summed E-state index contributed by atoms with van der Waals surface area (Å²) in [4.78, 5) is 28.6. The molecule has 3 rings (SSSR count). The standard InChI is InChI=1S/C21H20N4O2/c1-14-5-4-8-19(24-14)21(27)23-13-15-9-11-16(12-10-15)20(26)25-18-7-3-2-6-17(18)22/h2-12H,13,22H2,1H3,(H,23,27)(H,25,26). The van der Waals surface area contributed by atoms with E-state index in [1.807, 2.05) is 13.0 Å². The van der Waals surface area contributed by atoms with E-state index >= 15 is 0 Å². The smallest absolute Gasteiger partial charge is 0.270 e. The molecule has 0 bridgehead atoms. The number of nitrogens with zero attached hydrogens (tertiary/aromatic N) is 1. The molecule has 1 heterocycles. The lowest BCUT2D eigenvalue weighted by Crippen LogP contribution is -2.24. The molecule has 3 aromatic rings. The van der Waals surface area contributed by atoms with Crippen molar-refractivity contribution in [3.8, 4) is 0 Å². The third kappa shape index (κ3) is 4.70. The fourth-order valence-electron chi connectivity index (χ4n) is 2.52. The molecule has 4 N–H and O–H groups in total. The highest BCUT2D eigenvalue weighted by Gasteiger charge is 2.09. The van der Waals surface area contributed by atoms with E-state index < -0.39 is 0 Å². The van der Waals surface area contributed by atoms with Crippen LogP contribution in [0.2, 0.25) is 0 Å². The maximum atomic E-state index is 12.3. The molecule has 6 heteroatoms. The zero-order valence-electron chi connectivity index (χ0n) is 14.9. The highest BCUT2D eigenvalue weighted by molar-refractivity contribution is 6.05. The quantitative estimate of drug-likeness (QED) is 0.609. The van der Waals surface area contributed by atoms with Crippen molar-refractivity contribution in [3.05, 3.63) is 89.2 Å². The first-order valence-corrected chi connectivity index (χ1v) is 8.49. The van der Waals surface area contributed by atoms with Crippen LogP contribution in [0.3, 0.4) is 0 Å². The van der Waals surface area contributed by atoms with Gasteiger partial charge in [-0.2, -0.15) is 0 Å². The molecule has 2 aromatic carbocycles. The highest BCUT2D eigenvalue weighted by atomic mass is 16.2. The van der Waals surface area contributed by atoms with Gasteiger partial charge in [0.1, 0.15) is 5.69 Å². The monoisotopic (exact) mass is 360 g/mol. The first-order chi connectivity index (χ1) is 13.0. The predicted octanol–water partition coefficient (Wildman–Crippen LogP) is 3.15. The maximum Gasteiger partial charge on any atom is 0.270 e. The summed E-state index contributed by atoms with van der Waals surface area (Å²) in [5.74, 6) is -0.479. The molecule has 0 aliphatic carbocycles. The Bertz CT molecular complexity index is 968. The lowest BCUT2D eigenvalue weighted by molar-refractivity contribution is 0.0944. The van der Waals surface area contributed by atoms with Crippen molar-refractivity contribution >= 4 is 23.2 Å². The minimum atomic E-state index is -0.243. The van der Waals surface area contributed by atoms with Crippen LogP contribution in [0.1, 0.15) is 32.1 Å². The van der Waals surface area contributed by atoms with Crippen LogP contribution in [0.4, 0.5) is 11.4 Å². The number of aromatic nitrogens is 1. The third-order valence-corrected chi connectivity index (χ3v) is 4.00. The average Bonchev–Trinajstić information content (AvgIpc) is 2.68. The lowest BCUT2D eigenvalue weighted by atomic mass is 10.1. The number of pyridine rings is 1. The van der Waals surface area contributed by atoms with Crippen molar-refractivity contribution in [2.24, 2.45) is 0 Å². The molecule has 0 saturated heterocycles. The highest BCUT2D eigenvalue weighted by Crippen LogP contribution is 2.18. The molecule has 0 aliphatic rings. The van der Waals surface area contributed by atoms with E-state index in [9.17, 15) is 9.59 Å². The number of carbonyl (C=O) groups is 2. The number of para-hydroxylation sites is 2. The van der Waals surface area contributed by atoms with Gasteiger partial charge in [-0.1, -0.05) is 30.3 Å². The molecule has 0 radical (unpaired) electrons. The maximum absolute atomic E-state index is 12.3. The van der Waals surface area contributed by atoms with Crippen molar-refractivity contribution in [2.75, 3.05) is 11.1 Å². The number of benzene rings is 2. The van der Waals surface area contributed by atoms with Gasteiger partial charge in [-0.25, -0.2) is 4.98 Å². The number of amides is 2. The molecule has 0 saturated carbocycles. The molecular formula is C21H20N4O2. The Hall–Kier alpha value is -3.67. The first kappa shape index (κ1) is 18.1. The number of nitrogens with two attached hydrogens (primary N) is 1. The van der Waals surface area contributed by atoms with Crippen LogP contribution in [0.15, 0.2) is 66.7 Å². The number of aryl methyl sites for hydroxylation is 1. The lowest BCUT2D eigenvalue weighted by Gasteiger charge is -2.09. The minimum absolute atomic E-state index is 0.236. The largest absolute Gasteiger partial charge is 0.397 e. The van der Waals surface area contributed by atoms with Crippen molar-refractivity contribution in [1.29, 1.82) is 0 Å². The van der Waals surface area contributed by atoms with Gasteiger partial charge in [0.05, 0.1) is 11.4 Å². The second-order valence-corrected chi connectivity index (χ2v) is 6.09. The van der Waals surface area contributed by atoms with Crippen LogP contribution in [0, 0.1) is 6.92 Å². The van der Waals surface area contributed by atoms with Crippen LogP contribution in [0.25, 0.3) is 0 Å². The molecule has 1 aromatic heterocycles. The van der Waals surface area contributed by atoms with Crippen LogP contribution in [-0.2, 0) is 6.54 Å². The van der Waals surface area contributed by atoms with Gasteiger partial charge < -0.3 is 16.4 Å². The van der Waals surface area contributed by atoms with Crippen molar-refractivity contribution < 1.29 is 9.59 Å². The summed E-state index contributed by atoms with van der Waals surface area (Å²) in [6.45, 7) is 2.19. The second-order valence-electron chi connectivity index (χ2n) is 6.09. The van der Waals surface area contributed by atoms with Crippen LogP contribution in [0.5, 0.6) is 0 Å². The van der Waals surface area contributed by atoms with Gasteiger partial charge >= 0.3 is 0 Å². The summed E-state index contributed by atoms with van der Waals surface area (Å²) in [6.07, 6.45) is 0. The van der Waals surface area contributed by atoms with E-state index in [-0.39, 0.29) is 11.8 Å². The molecule has 0 atom stereocenters. The Morgan fingerprint density at radius 2 is 1.67 bits per heavy atom. The zero-order valence-corrected chi connectivity index (χ0v) is 14.9. The number of nitrogens with one attached hydrogen (secondary N) is 2. The second kappa shape index (κ2) is 8.14. The Labute approximate surface area is 157 Å². The third-order valence-electron chi connectivity index (χ3n) is 4.00. The Balaban J connectivity index is 1.59. The number of rotatable bonds is 5. The van der Waals surface area contributed by atoms with E-state index in [1.165, 1.54) is 0 Å². The fourth-order valence-corrected chi connectivity index (χ4v) is 2.52. The van der Waals surface area contributed by atoms with E-state index in [0.29, 0.717) is 29.2 Å². The molecule has 0 fully saturated rings. The summed E-state index contributed by atoms with van der Waals surface area (Å²) in [6, 6.07) is 19.4. The van der Waals surface area contributed by atoms with Gasteiger partial charge in [0, 0.05) is 17.8 Å². The summed E-state index contributed by atoms with van der Waals surface area (Å²) >= 11 is 0. The number of nitrogen functional groups attached to an aromatic ring is 1. The number of carbonyl (C=O) groups excluding carboxylic acids is 2. The Morgan fingerprint density at radius 3 is 2.37 bits per heavy atom. The summed E-state index contributed by atoms with van der Waals surface area (Å²) in [5.41, 5.74) is 9.48. The van der Waals surface area contributed by atoms with Crippen molar-refractivity contribution in [2.45, 2.75) is 13.5 Å². The van der Waals surface area contributed by atoms with Gasteiger partial charge in [-0.15, -0.1) is 0 Å². The number of anilines is 2. The Morgan fingerprint density at radius 1 is 0.926 bits per heavy atom. The molecule has 0 spiro atoms. The van der Waals surface area contributed by atoms with E-state index in [1.54, 1.807) is 60.7 Å². The molecule has 2 amide bonds. The van der Waals surface area contributed by atoms with Crippen molar-refractivity contribution in [3.63, 3.8) is 0 Å². The number of hydrogen-bond donors (Lipinski definition) is 3. The predicted molar refractivity (Wildman–Crippen MR) is 105 cm³/mol. The average molecular weight is 360 g/mol. The molecule has 0 unspecified atom stereocenters. The summed E-state index contributed by atoms with van der Waals surface area (Å²) in [7, 11) is 0. The molecular weight excluding hydrogens is 340 g/mol. The van der Waals surface area contributed by atoms with Crippen LogP contribution < -0.4 is 16.4 Å². The summed E-state index contributed by atoms with van der Waals surface area (Å²) < 4.78 is 0.